The molecule has 11 aromatic carbocycles. The maximum absolute atomic E-state index is 7.56. The summed E-state index contributed by atoms with van der Waals surface area (Å²) in [4.78, 5) is 10.3. The summed E-state index contributed by atoms with van der Waals surface area (Å²) in [6.07, 6.45) is 2.00. The lowest BCUT2D eigenvalue weighted by Gasteiger charge is -2.36. The van der Waals surface area contributed by atoms with Crippen molar-refractivity contribution in [2.45, 2.75) is 57.8 Å². The van der Waals surface area contributed by atoms with Crippen LogP contribution in [0.2, 0.25) is 0 Å². The standard InChI is InChI=1S/C78H59N3O/c1-48-33-36-52(37-34-48)80(53-38-40-57-55-25-15-18-30-62(55)76(3,4)64(57)43-53)68-45-66-72(60-28-14-13-27-59(60)68)74-67(78(66,50-21-9-7-10-22-50)51-23-11-8-12-24-51)46-69(73-61-29-17-20-32-70(61)82-75(73)74)81(71-42-35-49(2)47-79-71)54-39-41-58-56-26-16-19-31-63(56)77(5,6)65(58)44-54/h7-47H,1-6H3. The van der Waals surface area contributed by atoms with Crippen LogP contribution in [0.5, 0.6) is 0 Å². The molecular weight excluding hydrogens is 995 g/mol. The molecular formula is C78H59N3O. The highest BCUT2D eigenvalue weighted by Gasteiger charge is 2.50. The molecule has 4 nitrogen and oxygen atoms in total. The Morgan fingerprint density at radius 3 is 1.46 bits per heavy atom. The summed E-state index contributed by atoms with van der Waals surface area (Å²) in [5.41, 5.74) is 25.5. The molecule has 0 spiro atoms. The van der Waals surface area contributed by atoms with Crippen LogP contribution < -0.4 is 9.80 Å². The first-order valence-electron chi connectivity index (χ1n) is 28.8. The number of pyridine rings is 1. The molecule has 2 aromatic heterocycles. The molecule has 2 heterocycles. The smallest absolute Gasteiger partial charge is 0.145 e. The fourth-order valence-corrected chi connectivity index (χ4v) is 14.8. The number of aryl methyl sites for hydroxylation is 2. The van der Waals surface area contributed by atoms with E-state index in [1.807, 2.05) is 6.20 Å². The number of rotatable bonds is 8. The molecule has 0 saturated carbocycles. The van der Waals surface area contributed by atoms with E-state index in [0.29, 0.717) is 0 Å². The average molecular weight is 1050 g/mol. The molecule has 0 atom stereocenters. The van der Waals surface area contributed by atoms with Crippen molar-refractivity contribution in [2.24, 2.45) is 0 Å². The van der Waals surface area contributed by atoms with Crippen molar-refractivity contribution in [1.29, 1.82) is 0 Å². The molecule has 13 aromatic rings. The summed E-state index contributed by atoms with van der Waals surface area (Å²) in [6.45, 7) is 13.8. The highest BCUT2D eigenvalue weighted by Crippen LogP contribution is 2.64. The van der Waals surface area contributed by atoms with Crippen LogP contribution >= 0.6 is 0 Å². The Hall–Kier alpha value is -9.77. The second-order valence-corrected chi connectivity index (χ2v) is 24.0. The van der Waals surface area contributed by atoms with Crippen LogP contribution in [0.15, 0.2) is 253 Å². The first-order valence-corrected chi connectivity index (χ1v) is 28.8. The summed E-state index contributed by atoms with van der Waals surface area (Å²) in [5.74, 6) is 0.827. The van der Waals surface area contributed by atoms with Gasteiger partial charge in [0.15, 0.2) is 0 Å². The van der Waals surface area contributed by atoms with Crippen LogP contribution in [0.1, 0.15) is 83.3 Å². The second-order valence-electron chi connectivity index (χ2n) is 24.0. The number of nitrogens with zero attached hydrogens (tertiary/aromatic N) is 3. The van der Waals surface area contributed by atoms with Crippen LogP contribution in [0, 0.1) is 13.8 Å². The number of anilines is 6. The highest BCUT2D eigenvalue weighted by molar-refractivity contribution is 6.22. The Kier molecular flexibility index (Phi) is 10.3. The predicted molar refractivity (Wildman–Crippen MR) is 340 cm³/mol. The Morgan fingerprint density at radius 2 is 0.854 bits per heavy atom. The summed E-state index contributed by atoms with van der Waals surface area (Å²) < 4.78 is 7.56. The van der Waals surface area contributed by atoms with Crippen molar-refractivity contribution in [3.05, 3.63) is 304 Å². The minimum Gasteiger partial charge on any atom is -0.455 e. The average Bonchev–Trinajstić information content (AvgIpc) is 3.86. The van der Waals surface area contributed by atoms with Gasteiger partial charge in [0, 0.05) is 50.4 Å². The lowest BCUT2D eigenvalue weighted by molar-refractivity contribution is 0.660. The first kappa shape index (κ1) is 48.2. The van der Waals surface area contributed by atoms with Crippen LogP contribution in [-0.2, 0) is 16.2 Å². The van der Waals surface area contributed by atoms with Gasteiger partial charge >= 0.3 is 0 Å². The second kappa shape index (κ2) is 17.6. The van der Waals surface area contributed by atoms with Gasteiger partial charge in [0.2, 0.25) is 0 Å². The molecule has 0 fully saturated rings. The molecule has 4 heteroatoms. The summed E-state index contributed by atoms with van der Waals surface area (Å²) in [7, 11) is 0. The number of aromatic nitrogens is 1. The Labute approximate surface area is 479 Å². The maximum Gasteiger partial charge on any atom is 0.145 e. The van der Waals surface area contributed by atoms with Crippen molar-refractivity contribution in [2.75, 3.05) is 9.80 Å². The van der Waals surface area contributed by atoms with E-state index in [1.54, 1.807) is 0 Å². The predicted octanol–water partition coefficient (Wildman–Crippen LogP) is 20.7. The molecule has 3 aliphatic rings. The lowest BCUT2D eigenvalue weighted by Crippen LogP contribution is -2.29. The quantitative estimate of drug-likeness (QED) is 0.152. The lowest BCUT2D eigenvalue weighted by atomic mass is 9.67. The molecule has 0 saturated heterocycles. The van der Waals surface area contributed by atoms with Crippen molar-refractivity contribution in [3.8, 4) is 33.4 Å². The molecule has 0 unspecified atom stereocenters. The van der Waals surface area contributed by atoms with Gasteiger partial charge in [-0.05, 0) is 158 Å². The monoisotopic (exact) mass is 1050 g/mol. The third kappa shape index (κ3) is 6.69. The Morgan fingerprint density at radius 1 is 0.366 bits per heavy atom. The van der Waals surface area contributed by atoms with Crippen molar-refractivity contribution in [3.63, 3.8) is 0 Å². The summed E-state index contributed by atoms with van der Waals surface area (Å²) >= 11 is 0. The summed E-state index contributed by atoms with van der Waals surface area (Å²) in [5, 5.41) is 4.39. The molecule has 0 amide bonds. The molecule has 82 heavy (non-hydrogen) atoms. The van der Waals surface area contributed by atoms with Gasteiger partial charge in [-0.1, -0.05) is 215 Å². The van der Waals surface area contributed by atoms with Gasteiger partial charge in [0.25, 0.3) is 0 Å². The highest BCUT2D eigenvalue weighted by atomic mass is 16.3. The normalized spacial score (nSPS) is 14.5. The molecule has 392 valence electrons. The summed E-state index contributed by atoms with van der Waals surface area (Å²) in [6, 6.07) is 90.7. The van der Waals surface area contributed by atoms with E-state index in [2.05, 4.69) is 294 Å². The fraction of sp³-hybridized carbons (Fsp3) is 0.115. The van der Waals surface area contributed by atoms with Gasteiger partial charge in [-0.2, -0.15) is 0 Å². The molecule has 16 rings (SSSR count). The van der Waals surface area contributed by atoms with Crippen LogP contribution in [0.4, 0.5) is 34.3 Å². The number of benzene rings is 11. The third-order valence-electron chi connectivity index (χ3n) is 18.7. The number of para-hydroxylation sites is 1. The van der Waals surface area contributed by atoms with E-state index >= 15 is 0 Å². The van der Waals surface area contributed by atoms with Gasteiger partial charge in [0.05, 0.1) is 22.2 Å². The fourth-order valence-electron chi connectivity index (χ4n) is 14.8. The minimum absolute atomic E-state index is 0.197. The van der Waals surface area contributed by atoms with Crippen molar-refractivity contribution >= 4 is 67.0 Å². The van der Waals surface area contributed by atoms with Crippen LogP contribution in [0.25, 0.3) is 66.1 Å². The van der Waals surface area contributed by atoms with E-state index in [9.17, 15) is 0 Å². The van der Waals surface area contributed by atoms with Gasteiger partial charge in [0.1, 0.15) is 17.0 Å². The maximum atomic E-state index is 7.56. The zero-order valence-electron chi connectivity index (χ0n) is 46.9. The Bertz CT molecular complexity index is 4720. The van der Waals surface area contributed by atoms with E-state index in [0.717, 1.165) is 83.7 Å². The first-order chi connectivity index (χ1) is 40.0. The molecule has 0 aliphatic heterocycles. The molecule has 0 radical (unpaired) electrons. The van der Waals surface area contributed by atoms with Crippen LogP contribution in [-0.4, -0.2) is 4.98 Å². The third-order valence-corrected chi connectivity index (χ3v) is 18.7. The van der Waals surface area contributed by atoms with Gasteiger partial charge in [-0.15, -0.1) is 0 Å². The molecule has 3 aliphatic carbocycles. The topological polar surface area (TPSA) is 32.5 Å². The number of hydrogen-bond donors (Lipinski definition) is 0. The van der Waals surface area contributed by atoms with E-state index < -0.39 is 5.41 Å². The number of furan rings is 1. The van der Waals surface area contributed by atoms with Crippen LogP contribution in [0.3, 0.4) is 0 Å². The van der Waals surface area contributed by atoms with E-state index in [1.165, 1.54) is 72.3 Å². The number of hydrogen-bond acceptors (Lipinski definition) is 4. The van der Waals surface area contributed by atoms with Gasteiger partial charge in [-0.25, -0.2) is 4.98 Å². The van der Waals surface area contributed by atoms with Gasteiger partial charge in [-0.3, -0.25) is 4.90 Å². The zero-order chi connectivity index (χ0) is 55.2. The minimum atomic E-state index is -0.859. The molecule has 0 N–H and O–H groups in total. The SMILES string of the molecule is Cc1ccc(N(c2ccc3c(c2)C(C)(C)c2ccccc2-3)c2cc3c(c4ccccc24)-c2c(cc(N(c4ccc5c(c4)C(C)(C)c4ccccc4-5)c4ccc(C)cn4)c4c2oc2ccccc24)C3(c2ccccc2)c2ccccc2)cc1. The largest absolute Gasteiger partial charge is 0.455 e. The zero-order valence-corrected chi connectivity index (χ0v) is 46.9. The van der Waals surface area contributed by atoms with E-state index in [4.69, 9.17) is 9.40 Å². The molecule has 0 bridgehead atoms. The van der Waals surface area contributed by atoms with Crippen molar-refractivity contribution in [1.82, 2.24) is 4.98 Å². The number of fused-ring (bicyclic) bond motifs is 15. The van der Waals surface area contributed by atoms with E-state index in [-0.39, 0.29) is 10.8 Å². The van der Waals surface area contributed by atoms with Crippen molar-refractivity contribution < 1.29 is 4.42 Å². The van der Waals surface area contributed by atoms with Gasteiger partial charge < -0.3 is 9.32 Å². The Balaban J connectivity index is 1.04.